The van der Waals surface area contributed by atoms with Crippen LogP contribution < -0.4 is 15.4 Å². The smallest absolute Gasteiger partial charge is 0.323 e. The fraction of sp³-hybridized carbons (Fsp3) is 0.375. The molecule has 2 aromatic carbocycles. The van der Waals surface area contributed by atoms with Gasteiger partial charge in [0.05, 0.1) is 6.04 Å². The fourth-order valence-corrected chi connectivity index (χ4v) is 3.76. The van der Waals surface area contributed by atoms with E-state index in [1.165, 1.54) is 6.92 Å². The molecule has 0 bridgehead atoms. The number of Topliss-reactive ketones (excluding diaryl/α,β-unsaturated/α-hetero) is 1. The average Bonchev–Trinajstić information content (AvgIpc) is 2.74. The van der Waals surface area contributed by atoms with Crippen molar-refractivity contribution in [2.24, 2.45) is 0 Å². The third-order valence-corrected chi connectivity index (χ3v) is 5.75. The normalized spacial score (nSPS) is 19.2. The number of carbonyl (C=O) groups excluding carboxylic acids is 3. The van der Waals surface area contributed by atoms with Crippen LogP contribution in [0.4, 0.5) is 0 Å². The standard InChI is InChI=1S/C24H27ClN2O5.ClH/c1-13(26-5)23(30)31-21-20(27-22(29)16-7-6-8-17(25)11-16)18-12-15(14(2)28)9-10-19(18)32-24(21,3)4;/h6-13,20-21,26H,1-5H3,(H,27,29);1H/t13-,20-,21+;/m0./s1. The molecule has 0 fully saturated rings. The quantitative estimate of drug-likeness (QED) is 0.463. The summed E-state index contributed by atoms with van der Waals surface area (Å²) in [6.45, 7) is 6.71. The molecule has 1 heterocycles. The number of ketones is 1. The number of carbonyl (C=O) groups is 3. The van der Waals surface area contributed by atoms with Crippen molar-refractivity contribution in [3.63, 3.8) is 0 Å². The molecule has 3 atom stereocenters. The van der Waals surface area contributed by atoms with Crippen LogP contribution in [0.15, 0.2) is 42.5 Å². The lowest BCUT2D eigenvalue weighted by atomic mass is 9.85. The highest BCUT2D eigenvalue weighted by Gasteiger charge is 2.48. The zero-order valence-corrected chi connectivity index (χ0v) is 20.7. The van der Waals surface area contributed by atoms with Crippen molar-refractivity contribution in [3.8, 4) is 5.75 Å². The number of fused-ring (bicyclic) bond motifs is 1. The molecule has 1 aliphatic heterocycles. The van der Waals surface area contributed by atoms with Crippen molar-refractivity contribution in [1.29, 1.82) is 0 Å². The summed E-state index contributed by atoms with van der Waals surface area (Å²) in [6.07, 6.45) is -0.858. The summed E-state index contributed by atoms with van der Waals surface area (Å²) in [5, 5.41) is 6.24. The van der Waals surface area contributed by atoms with E-state index in [1.807, 2.05) is 0 Å². The van der Waals surface area contributed by atoms with E-state index in [9.17, 15) is 14.4 Å². The van der Waals surface area contributed by atoms with Gasteiger partial charge in [-0.25, -0.2) is 0 Å². The van der Waals surface area contributed by atoms with Gasteiger partial charge in [0.15, 0.2) is 11.9 Å². The van der Waals surface area contributed by atoms with Crippen LogP contribution in [-0.4, -0.2) is 42.5 Å². The number of ether oxygens (including phenoxy) is 2. The molecule has 2 aromatic rings. The van der Waals surface area contributed by atoms with Gasteiger partial charge in [0.1, 0.15) is 17.4 Å². The Balaban J connectivity index is 0.00000385. The molecule has 1 amide bonds. The fourth-order valence-electron chi connectivity index (χ4n) is 3.57. The highest BCUT2D eigenvalue weighted by molar-refractivity contribution is 6.30. The second kappa shape index (κ2) is 10.5. The highest BCUT2D eigenvalue weighted by Crippen LogP contribution is 2.42. The Labute approximate surface area is 204 Å². The van der Waals surface area contributed by atoms with Gasteiger partial charge in [-0.3, -0.25) is 14.4 Å². The van der Waals surface area contributed by atoms with E-state index in [4.69, 9.17) is 21.1 Å². The molecule has 3 rings (SSSR count). The molecule has 0 aromatic heterocycles. The topological polar surface area (TPSA) is 93.7 Å². The van der Waals surface area contributed by atoms with Crippen molar-refractivity contribution in [1.82, 2.24) is 10.6 Å². The Morgan fingerprint density at radius 1 is 1.12 bits per heavy atom. The molecule has 0 radical (unpaired) electrons. The van der Waals surface area contributed by atoms with Crippen LogP contribution in [0.2, 0.25) is 5.02 Å². The summed E-state index contributed by atoms with van der Waals surface area (Å²) in [7, 11) is 1.65. The largest absolute Gasteiger partial charge is 0.484 e. The third kappa shape index (κ3) is 5.85. The van der Waals surface area contributed by atoms with Gasteiger partial charge >= 0.3 is 5.97 Å². The maximum Gasteiger partial charge on any atom is 0.323 e. The Bertz CT molecular complexity index is 1060. The molecule has 9 heteroatoms. The summed E-state index contributed by atoms with van der Waals surface area (Å²) in [5.74, 6) is -0.500. The zero-order chi connectivity index (χ0) is 23.6. The number of hydrogen-bond acceptors (Lipinski definition) is 6. The Morgan fingerprint density at radius 2 is 1.82 bits per heavy atom. The van der Waals surface area contributed by atoms with Gasteiger partial charge in [0, 0.05) is 21.7 Å². The minimum atomic E-state index is -0.958. The summed E-state index contributed by atoms with van der Waals surface area (Å²) in [4.78, 5) is 37.7. The molecule has 1 aliphatic rings. The van der Waals surface area contributed by atoms with Gasteiger partial charge < -0.3 is 20.1 Å². The molecule has 7 nitrogen and oxygen atoms in total. The van der Waals surface area contributed by atoms with Gasteiger partial charge in [-0.2, -0.15) is 0 Å². The first-order valence-corrected chi connectivity index (χ1v) is 10.7. The lowest BCUT2D eigenvalue weighted by Crippen LogP contribution is -2.56. The Morgan fingerprint density at radius 3 is 2.42 bits per heavy atom. The molecular formula is C24H28Cl2N2O5. The SMILES string of the molecule is CN[C@@H](C)C(=O)O[C@@H]1[C@@H](NC(=O)c2cccc(Cl)c2)c2cc(C(C)=O)ccc2OC1(C)C.Cl. The molecule has 0 saturated heterocycles. The molecule has 0 spiro atoms. The van der Waals surface area contributed by atoms with Crippen molar-refractivity contribution in [2.75, 3.05) is 7.05 Å². The van der Waals surface area contributed by atoms with Crippen LogP contribution in [0.1, 0.15) is 60.0 Å². The van der Waals surface area contributed by atoms with Crippen LogP contribution >= 0.6 is 24.0 Å². The van der Waals surface area contributed by atoms with E-state index in [0.717, 1.165) is 0 Å². The second-order valence-corrected chi connectivity index (χ2v) is 8.78. The van der Waals surface area contributed by atoms with Crippen molar-refractivity contribution >= 4 is 41.7 Å². The first-order chi connectivity index (χ1) is 15.0. The molecule has 33 heavy (non-hydrogen) atoms. The van der Waals surface area contributed by atoms with Crippen LogP contribution in [0.25, 0.3) is 0 Å². The van der Waals surface area contributed by atoms with Crippen molar-refractivity contribution in [2.45, 2.75) is 51.5 Å². The summed E-state index contributed by atoms with van der Waals surface area (Å²) >= 11 is 6.05. The maximum atomic E-state index is 13.1. The summed E-state index contributed by atoms with van der Waals surface area (Å²) in [6, 6.07) is 10.3. The average molecular weight is 495 g/mol. The number of esters is 1. The number of likely N-dealkylation sites (N-methyl/N-ethyl adjacent to an activating group) is 1. The first-order valence-electron chi connectivity index (χ1n) is 10.3. The zero-order valence-electron chi connectivity index (χ0n) is 19.1. The second-order valence-electron chi connectivity index (χ2n) is 8.34. The van der Waals surface area contributed by atoms with E-state index >= 15 is 0 Å². The van der Waals surface area contributed by atoms with E-state index in [-0.39, 0.29) is 18.2 Å². The van der Waals surface area contributed by atoms with Gasteiger partial charge in [0.25, 0.3) is 5.91 Å². The van der Waals surface area contributed by atoms with E-state index in [0.29, 0.717) is 27.5 Å². The van der Waals surface area contributed by atoms with Gasteiger partial charge in [-0.1, -0.05) is 17.7 Å². The predicted molar refractivity (Wildman–Crippen MR) is 128 cm³/mol. The predicted octanol–water partition coefficient (Wildman–Crippen LogP) is 4.13. The molecular weight excluding hydrogens is 467 g/mol. The molecule has 178 valence electrons. The van der Waals surface area contributed by atoms with Crippen LogP contribution in [-0.2, 0) is 9.53 Å². The summed E-state index contributed by atoms with van der Waals surface area (Å²) < 4.78 is 12.0. The number of halogens is 2. The number of nitrogens with one attached hydrogen (secondary N) is 2. The van der Waals surface area contributed by atoms with Gasteiger partial charge in [0.2, 0.25) is 0 Å². The van der Waals surface area contributed by atoms with E-state index < -0.39 is 35.7 Å². The van der Waals surface area contributed by atoms with Crippen molar-refractivity contribution in [3.05, 3.63) is 64.2 Å². The molecule has 0 unspecified atom stereocenters. The Kier molecular flexibility index (Phi) is 8.52. The maximum absolute atomic E-state index is 13.1. The van der Waals surface area contributed by atoms with Crippen LogP contribution in [0.5, 0.6) is 5.75 Å². The number of rotatable bonds is 6. The van der Waals surface area contributed by atoms with Crippen LogP contribution in [0, 0.1) is 0 Å². The van der Waals surface area contributed by atoms with Gasteiger partial charge in [-0.15, -0.1) is 12.4 Å². The van der Waals surface area contributed by atoms with Crippen molar-refractivity contribution < 1.29 is 23.9 Å². The lowest BCUT2D eigenvalue weighted by molar-refractivity contribution is -0.167. The van der Waals surface area contributed by atoms with E-state index in [1.54, 1.807) is 70.3 Å². The molecule has 0 aliphatic carbocycles. The number of benzene rings is 2. The Hall–Kier alpha value is -2.61. The lowest BCUT2D eigenvalue weighted by Gasteiger charge is -2.44. The van der Waals surface area contributed by atoms with Gasteiger partial charge in [-0.05, 0) is 71.1 Å². The first kappa shape index (κ1) is 26.6. The molecule has 2 N–H and O–H groups in total. The van der Waals surface area contributed by atoms with Crippen LogP contribution in [0.3, 0.4) is 0 Å². The highest BCUT2D eigenvalue weighted by atomic mass is 35.5. The summed E-state index contributed by atoms with van der Waals surface area (Å²) in [5.41, 5.74) is 0.421. The minimum Gasteiger partial charge on any atom is -0.484 e. The van der Waals surface area contributed by atoms with E-state index in [2.05, 4.69) is 10.6 Å². The minimum absolute atomic E-state index is 0. The molecule has 0 saturated carbocycles. The number of hydrogen-bond donors (Lipinski definition) is 2. The number of amides is 1. The third-order valence-electron chi connectivity index (χ3n) is 5.52. The monoisotopic (exact) mass is 494 g/mol.